The monoisotopic (exact) mass is 515 g/mol. The van der Waals surface area contributed by atoms with Gasteiger partial charge in [0.05, 0.1) is 0 Å². The van der Waals surface area contributed by atoms with Crippen molar-refractivity contribution in [3.05, 3.63) is 47.6 Å². The number of carbonyl (C=O) groups is 4. The number of carboxylic acid groups (broad SMARTS) is 2. The zero-order valence-electron chi connectivity index (χ0n) is 21.8. The van der Waals surface area contributed by atoms with Gasteiger partial charge in [0.15, 0.2) is 0 Å². The van der Waals surface area contributed by atoms with Crippen LogP contribution >= 0.6 is 0 Å². The molecule has 9 heteroatoms. The summed E-state index contributed by atoms with van der Waals surface area (Å²) in [5.74, 6) is -3.94. The molecule has 3 rings (SSSR count). The number of aliphatic carboxylic acids is 2. The average Bonchev–Trinajstić information content (AvgIpc) is 3.14. The van der Waals surface area contributed by atoms with Crippen LogP contribution in [0.5, 0.6) is 0 Å². The van der Waals surface area contributed by atoms with Crippen molar-refractivity contribution >= 4 is 23.8 Å². The predicted octanol–water partition coefficient (Wildman–Crippen LogP) is 3.25. The zero-order valence-corrected chi connectivity index (χ0v) is 21.8. The molecule has 0 aromatic heterocycles. The van der Waals surface area contributed by atoms with E-state index in [2.05, 4.69) is 0 Å². The summed E-state index contributed by atoms with van der Waals surface area (Å²) < 4.78 is 5.86. The lowest BCUT2D eigenvalue weighted by Gasteiger charge is -2.57. The van der Waals surface area contributed by atoms with Gasteiger partial charge >= 0.3 is 17.9 Å². The van der Waals surface area contributed by atoms with E-state index in [1.165, 1.54) is 6.08 Å². The molecule has 37 heavy (non-hydrogen) atoms. The quantitative estimate of drug-likeness (QED) is 0.241. The second kappa shape index (κ2) is 11.0. The van der Waals surface area contributed by atoms with Gasteiger partial charge in [-0.25, -0.2) is 9.59 Å². The number of rotatable bonds is 9. The number of carboxylic acids is 2. The van der Waals surface area contributed by atoms with Crippen molar-refractivity contribution in [3.8, 4) is 0 Å². The maximum absolute atomic E-state index is 13.7. The van der Waals surface area contributed by atoms with Crippen LogP contribution in [0.3, 0.4) is 0 Å². The van der Waals surface area contributed by atoms with Crippen molar-refractivity contribution in [1.82, 2.24) is 4.90 Å². The number of esters is 1. The predicted molar refractivity (Wildman–Crippen MR) is 135 cm³/mol. The Balaban J connectivity index is 1.98. The third-order valence-electron chi connectivity index (χ3n) is 8.05. The van der Waals surface area contributed by atoms with Crippen molar-refractivity contribution in [2.75, 3.05) is 6.54 Å². The summed E-state index contributed by atoms with van der Waals surface area (Å²) in [4.78, 5) is 50.7. The molecule has 3 N–H and O–H groups in total. The number of nitrogens with zero attached hydrogens (tertiary/aromatic N) is 1. The fourth-order valence-electron chi connectivity index (χ4n) is 6.62. The Kier molecular flexibility index (Phi) is 8.47. The van der Waals surface area contributed by atoms with Crippen LogP contribution < -0.4 is 0 Å². The Morgan fingerprint density at radius 1 is 1.11 bits per heavy atom. The summed E-state index contributed by atoms with van der Waals surface area (Å²) in [5, 5.41) is 30.4. The van der Waals surface area contributed by atoms with Crippen molar-refractivity contribution in [3.63, 3.8) is 0 Å². The minimum atomic E-state index is -1.34. The molecule has 1 heterocycles. The van der Waals surface area contributed by atoms with Gasteiger partial charge in [-0.15, -0.1) is 0 Å². The summed E-state index contributed by atoms with van der Waals surface area (Å²) in [6.45, 7) is 7.73. The molecule has 202 valence electrons. The Hall–Kier alpha value is -3.20. The van der Waals surface area contributed by atoms with Crippen LogP contribution in [-0.2, 0) is 23.9 Å². The molecule has 0 bridgehead atoms. The SMILES string of the molecule is C/C=C/C=C/C=C/C(=O)O[C@@H]1[C@@H](O)C2=C(C(=O)N([C@@H](CCC(=O)O)C(=O)O)C2)[C@@]2(C)CCCC(C)(C)[C@H]12. The first-order chi connectivity index (χ1) is 17.3. The Morgan fingerprint density at radius 3 is 2.41 bits per heavy atom. The summed E-state index contributed by atoms with van der Waals surface area (Å²) in [6, 6.07) is -1.34. The van der Waals surface area contributed by atoms with Gasteiger partial charge in [-0.1, -0.05) is 57.6 Å². The molecule has 1 aliphatic heterocycles. The summed E-state index contributed by atoms with van der Waals surface area (Å²) >= 11 is 0. The fourth-order valence-corrected chi connectivity index (χ4v) is 6.62. The molecule has 3 aliphatic rings. The molecular weight excluding hydrogens is 478 g/mol. The number of allylic oxidation sites excluding steroid dienone is 5. The molecule has 0 aromatic rings. The molecule has 5 atom stereocenters. The molecule has 1 fully saturated rings. The molecular formula is C28H37NO8. The third-order valence-corrected chi connectivity index (χ3v) is 8.05. The van der Waals surface area contributed by atoms with Crippen LogP contribution in [-0.4, -0.2) is 68.8 Å². The highest BCUT2D eigenvalue weighted by Crippen LogP contribution is 2.61. The van der Waals surface area contributed by atoms with Gasteiger partial charge in [0.2, 0.25) is 0 Å². The molecule has 9 nitrogen and oxygen atoms in total. The number of ether oxygens (including phenoxy) is 1. The highest BCUT2D eigenvalue weighted by atomic mass is 16.6. The molecule has 1 saturated carbocycles. The van der Waals surface area contributed by atoms with Crippen molar-refractivity contribution < 1.29 is 39.2 Å². The van der Waals surface area contributed by atoms with Gasteiger partial charge in [0.1, 0.15) is 18.2 Å². The Morgan fingerprint density at radius 2 is 1.78 bits per heavy atom. The van der Waals surface area contributed by atoms with Crippen LogP contribution in [0.15, 0.2) is 47.6 Å². The van der Waals surface area contributed by atoms with Crippen molar-refractivity contribution in [2.24, 2.45) is 16.7 Å². The molecule has 0 aromatic carbocycles. The maximum Gasteiger partial charge on any atom is 0.331 e. The van der Waals surface area contributed by atoms with E-state index < -0.39 is 53.9 Å². The number of hydrogen-bond acceptors (Lipinski definition) is 6. The standard InChI is InChI=1S/C28H37NO8/c1-5-6-7-8-9-11-20(32)37-23-22(33)17-16-29(18(26(35)36)12-13-19(30)31)25(34)21(17)28(4)15-10-14-27(2,3)24(23)28/h5-9,11,18,22-24,33H,10,12-16H2,1-4H3,(H,30,31)(H,35,36)/b6-5+,8-7+,11-9+/t18-,22-,23+,24-,28+/m0/s1. The molecule has 0 unspecified atom stereocenters. The first-order valence-electron chi connectivity index (χ1n) is 12.7. The minimum Gasteiger partial charge on any atom is -0.481 e. The molecule has 0 radical (unpaired) electrons. The average molecular weight is 516 g/mol. The molecule has 1 amide bonds. The maximum atomic E-state index is 13.7. The Labute approximate surface area is 217 Å². The number of aliphatic hydroxyl groups is 1. The zero-order chi connectivity index (χ0) is 27.5. The van der Waals surface area contributed by atoms with Gasteiger partial charge in [0, 0.05) is 35.9 Å². The van der Waals surface area contributed by atoms with Crippen molar-refractivity contribution in [2.45, 2.75) is 78.0 Å². The smallest absolute Gasteiger partial charge is 0.331 e. The third kappa shape index (κ3) is 5.56. The van der Waals surface area contributed by atoms with Gasteiger partial charge in [-0.05, 0) is 37.2 Å². The van der Waals surface area contributed by atoms with Gasteiger partial charge < -0.3 is 25.0 Å². The van der Waals surface area contributed by atoms with E-state index in [0.29, 0.717) is 17.6 Å². The highest BCUT2D eigenvalue weighted by molar-refractivity contribution is 6.01. The second-order valence-corrected chi connectivity index (χ2v) is 11.0. The van der Waals surface area contributed by atoms with E-state index in [4.69, 9.17) is 9.84 Å². The lowest BCUT2D eigenvalue weighted by Crippen LogP contribution is -2.58. The lowest BCUT2D eigenvalue weighted by atomic mass is 9.49. The van der Waals surface area contributed by atoms with Crippen LogP contribution in [0.4, 0.5) is 0 Å². The normalized spacial score (nSPS) is 30.1. The number of amides is 1. The Bertz CT molecular complexity index is 1070. The number of hydrogen-bond donors (Lipinski definition) is 3. The van der Waals surface area contributed by atoms with E-state index >= 15 is 0 Å². The van der Waals surface area contributed by atoms with Gasteiger partial charge in [-0.2, -0.15) is 0 Å². The van der Waals surface area contributed by atoms with Gasteiger partial charge in [0.25, 0.3) is 5.91 Å². The summed E-state index contributed by atoms with van der Waals surface area (Å²) in [7, 11) is 0. The van der Waals surface area contributed by atoms with Crippen LogP contribution in [0.2, 0.25) is 0 Å². The lowest BCUT2D eigenvalue weighted by molar-refractivity contribution is -0.170. The molecule has 0 saturated heterocycles. The van der Waals surface area contributed by atoms with E-state index in [9.17, 15) is 29.4 Å². The van der Waals surface area contributed by atoms with Crippen LogP contribution in [0.1, 0.15) is 59.8 Å². The minimum absolute atomic E-state index is 0.148. The highest BCUT2D eigenvalue weighted by Gasteiger charge is 2.62. The second-order valence-electron chi connectivity index (χ2n) is 11.0. The summed E-state index contributed by atoms with van der Waals surface area (Å²) in [6.07, 6.45) is 9.32. The first-order valence-corrected chi connectivity index (χ1v) is 12.7. The van der Waals surface area contributed by atoms with Gasteiger partial charge in [-0.3, -0.25) is 9.59 Å². The number of carbonyl (C=O) groups excluding carboxylic acids is 2. The van der Waals surface area contributed by atoms with Crippen molar-refractivity contribution in [1.29, 1.82) is 0 Å². The number of fused-ring (bicyclic) bond motifs is 2. The number of aliphatic hydroxyl groups excluding tert-OH is 1. The summed E-state index contributed by atoms with van der Waals surface area (Å²) in [5.41, 5.74) is -0.386. The largest absolute Gasteiger partial charge is 0.481 e. The van der Waals surface area contributed by atoms with E-state index in [1.54, 1.807) is 18.2 Å². The van der Waals surface area contributed by atoms with E-state index in [1.807, 2.05) is 39.8 Å². The van der Waals surface area contributed by atoms with Crippen LogP contribution in [0, 0.1) is 16.7 Å². The fraction of sp³-hybridized carbons (Fsp3) is 0.571. The topological polar surface area (TPSA) is 141 Å². The van der Waals surface area contributed by atoms with Crippen LogP contribution in [0.25, 0.3) is 0 Å². The van der Waals surface area contributed by atoms with E-state index in [0.717, 1.165) is 17.7 Å². The molecule has 0 spiro atoms. The first kappa shape index (κ1) is 28.4. The van der Waals surface area contributed by atoms with E-state index in [-0.39, 0.29) is 24.3 Å². The molecule has 2 aliphatic carbocycles.